The molecule has 1 aliphatic rings. The Labute approximate surface area is 115 Å². The molecule has 108 valence electrons. The van der Waals surface area contributed by atoms with Crippen molar-refractivity contribution in [2.24, 2.45) is 5.92 Å². The number of nitrogens with zero attached hydrogens (tertiary/aromatic N) is 1. The molecular formula is C16H34N2. The van der Waals surface area contributed by atoms with E-state index in [9.17, 15) is 0 Å². The van der Waals surface area contributed by atoms with Crippen molar-refractivity contribution >= 4 is 0 Å². The Hall–Kier alpha value is -0.0800. The Balaban J connectivity index is 3.00. The largest absolute Gasteiger partial charge is 0.315 e. The highest BCUT2D eigenvalue weighted by Gasteiger charge is 2.46. The Bertz CT molecular complexity index is 213. The monoisotopic (exact) mass is 254 g/mol. The molecule has 0 amide bonds. The van der Waals surface area contributed by atoms with E-state index in [2.05, 4.69) is 45.0 Å². The summed E-state index contributed by atoms with van der Waals surface area (Å²) in [4.78, 5) is 2.74. The van der Waals surface area contributed by atoms with Crippen LogP contribution < -0.4 is 5.32 Å². The van der Waals surface area contributed by atoms with Crippen LogP contribution in [-0.2, 0) is 0 Å². The summed E-state index contributed by atoms with van der Waals surface area (Å²) in [6.45, 7) is 11.7. The first kappa shape index (κ1) is 16.0. The van der Waals surface area contributed by atoms with Gasteiger partial charge >= 0.3 is 0 Å². The van der Waals surface area contributed by atoms with E-state index in [1.807, 2.05) is 0 Å². The third kappa shape index (κ3) is 2.91. The van der Waals surface area contributed by atoms with Crippen LogP contribution in [0.2, 0.25) is 0 Å². The summed E-state index contributed by atoms with van der Waals surface area (Å²) >= 11 is 0. The van der Waals surface area contributed by atoms with Gasteiger partial charge in [-0.15, -0.1) is 0 Å². The van der Waals surface area contributed by atoms with Gasteiger partial charge in [0.1, 0.15) is 0 Å². The summed E-state index contributed by atoms with van der Waals surface area (Å²) in [5.74, 6) is 0.814. The lowest BCUT2D eigenvalue weighted by Gasteiger charge is -2.49. The summed E-state index contributed by atoms with van der Waals surface area (Å²) in [5.41, 5.74) is 0.426. The van der Waals surface area contributed by atoms with Crippen LogP contribution in [0.3, 0.4) is 0 Å². The second kappa shape index (κ2) is 7.49. The van der Waals surface area contributed by atoms with Crippen LogP contribution in [0.5, 0.6) is 0 Å². The van der Waals surface area contributed by atoms with Crippen molar-refractivity contribution in [2.75, 3.05) is 20.1 Å². The molecule has 0 heterocycles. The van der Waals surface area contributed by atoms with Crippen LogP contribution in [-0.4, -0.2) is 36.6 Å². The predicted molar refractivity (Wildman–Crippen MR) is 81.0 cm³/mol. The Morgan fingerprint density at radius 2 is 1.50 bits per heavy atom. The SMILES string of the molecule is CCC(CC)C(NC)C1(N(CC)CC)CCCC1. The van der Waals surface area contributed by atoms with Gasteiger partial charge in [0.05, 0.1) is 0 Å². The topological polar surface area (TPSA) is 15.3 Å². The zero-order chi connectivity index (χ0) is 13.6. The minimum Gasteiger partial charge on any atom is -0.315 e. The number of likely N-dealkylation sites (N-methyl/N-ethyl adjacent to an activating group) is 2. The number of hydrogen-bond donors (Lipinski definition) is 1. The van der Waals surface area contributed by atoms with E-state index in [0.717, 1.165) is 5.92 Å². The first-order valence-electron chi connectivity index (χ1n) is 8.12. The van der Waals surface area contributed by atoms with Gasteiger partial charge in [0.15, 0.2) is 0 Å². The second-order valence-electron chi connectivity index (χ2n) is 5.83. The molecule has 1 atom stereocenters. The van der Waals surface area contributed by atoms with Gasteiger partial charge in [-0.05, 0) is 38.9 Å². The molecule has 1 fully saturated rings. The van der Waals surface area contributed by atoms with Gasteiger partial charge in [-0.2, -0.15) is 0 Å². The fourth-order valence-electron chi connectivity index (χ4n) is 4.37. The molecule has 2 heteroatoms. The molecule has 0 saturated heterocycles. The van der Waals surface area contributed by atoms with E-state index in [1.165, 1.54) is 51.6 Å². The van der Waals surface area contributed by atoms with E-state index in [4.69, 9.17) is 0 Å². The van der Waals surface area contributed by atoms with Crippen molar-refractivity contribution in [2.45, 2.75) is 77.8 Å². The molecule has 18 heavy (non-hydrogen) atoms. The van der Waals surface area contributed by atoms with Crippen LogP contribution in [0.25, 0.3) is 0 Å². The van der Waals surface area contributed by atoms with E-state index in [1.54, 1.807) is 0 Å². The average molecular weight is 254 g/mol. The van der Waals surface area contributed by atoms with Crippen LogP contribution in [0.4, 0.5) is 0 Å². The molecule has 1 saturated carbocycles. The summed E-state index contributed by atoms with van der Waals surface area (Å²) < 4.78 is 0. The van der Waals surface area contributed by atoms with Crippen LogP contribution >= 0.6 is 0 Å². The number of nitrogens with one attached hydrogen (secondary N) is 1. The highest BCUT2D eigenvalue weighted by molar-refractivity contribution is 5.04. The van der Waals surface area contributed by atoms with E-state index >= 15 is 0 Å². The van der Waals surface area contributed by atoms with Crippen molar-refractivity contribution in [3.05, 3.63) is 0 Å². The van der Waals surface area contributed by atoms with Gasteiger partial charge < -0.3 is 5.32 Å². The van der Waals surface area contributed by atoms with E-state index in [0.29, 0.717) is 11.6 Å². The molecule has 1 unspecified atom stereocenters. The summed E-state index contributed by atoms with van der Waals surface area (Å²) in [6.07, 6.45) is 8.19. The van der Waals surface area contributed by atoms with Crippen LogP contribution in [0.15, 0.2) is 0 Å². The van der Waals surface area contributed by atoms with Crippen molar-refractivity contribution in [3.8, 4) is 0 Å². The maximum atomic E-state index is 3.69. The van der Waals surface area contributed by atoms with Crippen LogP contribution in [0.1, 0.15) is 66.2 Å². The highest BCUT2D eigenvalue weighted by atomic mass is 15.2. The first-order valence-corrected chi connectivity index (χ1v) is 8.12. The fourth-order valence-corrected chi connectivity index (χ4v) is 4.37. The highest BCUT2D eigenvalue weighted by Crippen LogP contribution is 2.41. The van der Waals surface area contributed by atoms with Gasteiger partial charge in [0.2, 0.25) is 0 Å². The summed E-state index contributed by atoms with van der Waals surface area (Å²) in [5, 5.41) is 3.69. The average Bonchev–Trinajstić information content (AvgIpc) is 2.87. The lowest BCUT2D eigenvalue weighted by atomic mass is 9.76. The Morgan fingerprint density at radius 1 is 1.00 bits per heavy atom. The Kier molecular flexibility index (Phi) is 6.65. The van der Waals surface area contributed by atoms with Gasteiger partial charge in [-0.25, -0.2) is 0 Å². The smallest absolute Gasteiger partial charge is 0.0364 e. The molecule has 0 radical (unpaired) electrons. The molecule has 1 aliphatic carbocycles. The van der Waals surface area contributed by atoms with Crippen molar-refractivity contribution < 1.29 is 0 Å². The van der Waals surface area contributed by atoms with Gasteiger partial charge in [0.25, 0.3) is 0 Å². The minimum atomic E-state index is 0.426. The molecule has 0 spiro atoms. The zero-order valence-electron chi connectivity index (χ0n) is 13.3. The normalized spacial score (nSPS) is 20.8. The number of rotatable bonds is 8. The van der Waals surface area contributed by atoms with Gasteiger partial charge in [0, 0.05) is 11.6 Å². The molecule has 0 aromatic rings. The predicted octanol–water partition coefficient (Wildman–Crippen LogP) is 3.67. The summed E-state index contributed by atoms with van der Waals surface area (Å²) in [6, 6.07) is 0.662. The van der Waals surface area contributed by atoms with Crippen LogP contribution in [0, 0.1) is 5.92 Å². The quantitative estimate of drug-likeness (QED) is 0.711. The Morgan fingerprint density at radius 3 is 1.83 bits per heavy atom. The lowest BCUT2D eigenvalue weighted by molar-refractivity contribution is 0.0400. The molecular weight excluding hydrogens is 220 g/mol. The maximum absolute atomic E-state index is 3.69. The van der Waals surface area contributed by atoms with E-state index in [-0.39, 0.29) is 0 Å². The first-order chi connectivity index (χ1) is 8.69. The summed E-state index contributed by atoms with van der Waals surface area (Å²) in [7, 11) is 2.17. The second-order valence-corrected chi connectivity index (χ2v) is 5.83. The molecule has 1 rings (SSSR count). The van der Waals surface area contributed by atoms with Gasteiger partial charge in [-0.3, -0.25) is 4.90 Å². The van der Waals surface area contributed by atoms with Gasteiger partial charge in [-0.1, -0.05) is 53.4 Å². The van der Waals surface area contributed by atoms with E-state index < -0.39 is 0 Å². The minimum absolute atomic E-state index is 0.426. The molecule has 1 N–H and O–H groups in total. The molecule has 2 nitrogen and oxygen atoms in total. The standard InChI is InChI=1S/C16H34N2/c1-6-14(7-2)15(17-5)16(12-10-11-13-16)18(8-3)9-4/h14-15,17H,6-13H2,1-5H3. The molecule has 0 aliphatic heterocycles. The van der Waals surface area contributed by atoms with Crippen molar-refractivity contribution in [1.82, 2.24) is 10.2 Å². The van der Waals surface area contributed by atoms with Crippen molar-refractivity contribution in [1.29, 1.82) is 0 Å². The fraction of sp³-hybridized carbons (Fsp3) is 1.00. The third-order valence-electron chi connectivity index (χ3n) is 5.27. The molecule has 0 bridgehead atoms. The molecule has 0 aromatic heterocycles. The molecule has 0 aromatic carbocycles. The zero-order valence-corrected chi connectivity index (χ0v) is 13.3. The maximum Gasteiger partial charge on any atom is 0.0364 e. The lowest BCUT2D eigenvalue weighted by Crippen LogP contribution is -2.61. The number of hydrogen-bond acceptors (Lipinski definition) is 2. The van der Waals surface area contributed by atoms with Crippen molar-refractivity contribution in [3.63, 3.8) is 0 Å². The third-order valence-corrected chi connectivity index (χ3v) is 5.27.